The number of aryl methyl sites for hydroxylation is 1. The maximum atomic E-state index is 12.5. The van der Waals surface area contributed by atoms with E-state index in [2.05, 4.69) is 0 Å². The molecule has 4 heteroatoms. The molecule has 1 aliphatic heterocycles. The van der Waals surface area contributed by atoms with Crippen LogP contribution in [-0.2, 0) is 6.42 Å². The van der Waals surface area contributed by atoms with Crippen LogP contribution < -0.4 is 3.61 Å². The molecule has 2 rings (SSSR count). The van der Waals surface area contributed by atoms with Gasteiger partial charge in [-0.3, -0.25) is 0 Å². The van der Waals surface area contributed by atoms with Crippen LogP contribution in [0.1, 0.15) is 5.56 Å². The van der Waals surface area contributed by atoms with Crippen LogP contribution in [0.15, 0.2) is 24.3 Å². The third kappa shape index (κ3) is 1.70. The first-order chi connectivity index (χ1) is 6.09. The summed E-state index contributed by atoms with van der Waals surface area (Å²) in [5.74, 6) is 0. The van der Waals surface area contributed by atoms with Gasteiger partial charge in [0.15, 0.2) is 0 Å². The molecule has 1 aromatic carbocycles. The van der Waals surface area contributed by atoms with Crippen molar-refractivity contribution in [2.24, 2.45) is 0 Å². The molecule has 0 nitrogen and oxygen atoms in total. The Balaban J connectivity index is 2.39. The summed E-state index contributed by atoms with van der Waals surface area (Å²) in [7, 11) is 0. The van der Waals surface area contributed by atoms with E-state index >= 15 is 0 Å². The molecule has 71 valence electrons. The molecule has 0 N–H and O–H groups in total. The van der Waals surface area contributed by atoms with Gasteiger partial charge in [-0.05, 0) is 0 Å². The molecule has 0 aromatic heterocycles. The summed E-state index contributed by atoms with van der Waals surface area (Å²) in [6.45, 7) is 0. The molecular weight excluding hydrogens is 293 g/mol. The van der Waals surface area contributed by atoms with E-state index < -0.39 is 23.8 Å². The maximum absolute atomic E-state index is 12.5. The van der Waals surface area contributed by atoms with E-state index in [1.54, 1.807) is 12.1 Å². The van der Waals surface area contributed by atoms with Crippen molar-refractivity contribution in [3.05, 3.63) is 29.8 Å². The number of hydrogen-bond acceptors (Lipinski definition) is 0. The third-order valence-electron chi connectivity index (χ3n) is 2.09. The van der Waals surface area contributed by atoms with Gasteiger partial charge in [-0.1, -0.05) is 0 Å². The van der Waals surface area contributed by atoms with Crippen LogP contribution in [0.25, 0.3) is 0 Å². The van der Waals surface area contributed by atoms with Crippen molar-refractivity contribution < 1.29 is 13.2 Å². The second kappa shape index (κ2) is 3.18. The van der Waals surface area contributed by atoms with Gasteiger partial charge >= 0.3 is 81.3 Å². The monoisotopic (exact) mass is 303 g/mol. The van der Waals surface area contributed by atoms with Crippen LogP contribution in [0.5, 0.6) is 0 Å². The Hall–Kier alpha value is -0.200. The van der Waals surface area contributed by atoms with Crippen molar-refractivity contribution in [3.8, 4) is 0 Å². The number of alkyl halides is 3. The number of benzene rings is 1. The van der Waals surface area contributed by atoms with Crippen LogP contribution >= 0.6 is 0 Å². The first kappa shape index (κ1) is 9.36. The summed E-state index contributed by atoms with van der Waals surface area (Å²) >= 11 is -2.99. The molecule has 13 heavy (non-hydrogen) atoms. The molecule has 0 saturated heterocycles. The van der Waals surface area contributed by atoms with Gasteiger partial charge in [0.2, 0.25) is 0 Å². The van der Waals surface area contributed by atoms with Gasteiger partial charge in [0.25, 0.3) is 0 Å². The van der Waals surface area contributed by atoms with Gasteiger partial charge in [-0.15, -0.1) is 0 Å². The van der Waals surface area contributed by atoms with Gasteiger partial charge in [-0.25, -0.2) is 0 Å². The molecule has 1 heterocycles. The van der Waals surface area contributed by atoms with Crippen molar-refractivity contribution in [3.63, 3.8) is 0 Å². The van der Waals surface area contributed by atoms with Crippen molar-refractivity contribution in [1.82, 2.24) is 0 Å². The predicted octanol–water partition coefficient (Wildman–Crippen LogP) is 2.05. The zero-order valence-electron chi connectivity index (χ0n) is 6.77. The summed E-state index contributed by atoms with van der Waals surface area (Å²) in [5, 5.41) is 0. The second-order valence-corrected chi connectivity index (χ2v) is 8.87. The predicted molar refractivity (Wildman–Crippen MR) is 46.4 cm³/mol. The average molecular weight is 301 g/mol. The van der Waals surface area contributed by atoms with Crippen LogP contribution in [-0.4, -0.2) is 23.8 Å². The molecule has 0 atom stereocenters. The number of hydrogen-bond donors (Lipinski definition) is 0. The van der Waals surface area contributed by atoms with Crippen molar-refractivity contribution in [2.75, 3.05) is 0 Å². The Kier molecular flexibility index (Phi) is 2.29. The first-order valence-electron chi connectivity index (χ1n) is 3.94. The van der Waals surface area contributed by atoms with Crippen LogP contribution in [0.4, 0.5) is 13.2 Å². The summed E-state index contributed by atoms with van der Waals surface area (Å²) in [6.07, 6.45) is 0.631. The van der Waals surface area contributed by atoms with E-state index in [4.69, 9.17) is 0 Å². The minimum absolute atomic E-state index is 0.381. The fourth-order valence-electron chi connectivity index (χ4n) is 1.51. The quantitative estimate of drug-likeness (QED) is 0.643. The molecule has 1 aromatic rings. The first-order valence-corrected chi connectivity index (χ1v) is 7.92. The minimum atomic E-state index is -3.91. The molecule has 1 aliphatic rings. The van der Waals surface area contributed by atoms with E-state index in [-0.39, 0.29) is 0 Å². The Morgan fingerprint density at radius 2 is 1.85 bits per heavy atom. The zero-order valence-corrected chi connectivity index (χ0v) is 9.10. The van der Waals surface area contributed by atoms with E-state index in [0.717, 1.165) is 5.56 Å². The van der Waals surface area contributed by atoms with Crippen molar-refractivity contribution in [1.29, 1.82) is 0 Å². The number of halogens is 3. The van der Waals surface area contributed by atoms with E-state index in [9.17, 15) is 13.2 Å². The van der Waals surface area contributed by atoms with E-state index in [0.29, 0.717) is 14.5 Å². The molecule has 1 radical (unpaired) electrons. The fourth-order valence-corrected chi connectivity index (χ4v) is 6.81. The zero-order chi connectivity index (χ0) is 9.47. The standard InChI is InChI=1S/C9H8F3Te/c10-9(11,12)13-6-5-7-3-1-2-4-8(7)13/h1-4H,5-6H2. The summed E-state index contributed by atoms with van der Waals surface area (Å²) in [5.41, 5.74) is 0.927. The average Bonchev–Trinajstić information content (AvgIpc) is 2.45. The Morgan fingerprint density at radius 1 is 1.15 bits per heavy atom. The molecule has 0 amide bonds. The van der Waals surface area contributed by atoms with Crippen LogP contribution in [0.2, 0.25) is 4.47 Å². The molecule has 0 saturated carbocycles. The van der Waals surface area contributed by atoms with Gasteiger partial charge < -0.3 is 0 Å². The van der Waals surface area contributed by atoms with Gasteiger partial charge in [-0.2, -0.15) is 0 Å². The molecule has 0 aliphatic carbocycles. The summed E-state index contributed by atoms with van der Waals surface area (Å²) in [6, 6.07) is 7.01. The van der Waals surface area contributed by atoms with Crippen molar-refractivity contribution >= 4 is 23.2 Å². The molecule has 0 fully saturated rings. The van der Waals surface area contributed by atoms with E-state index in [1.807, 2.05) is 12.1 Å². The van der Waals surface area contributed by atoms with E-state index in [1.165, 1.54) is 0 Å². The van der Waals surface area contributed by atoms with Gasteiger partial charge in [0.1, 0.15) is 0 Å². The Morgan fingerprint density at radius 3 is 2.54 bits per heavy atom. The molecule has 0 spiro atoms. The molecule has 0 unspecified atom stereocenters. The Labute approximate surface area is 81.4 Å². The van der Waals surface area contributed by atoms with Crippen molar-refractivity contribution in [2.45, 2.75) is 15.1 Å². The normalized spacial score (nSPS) is 17.5. The second-order valence-electron chi connectivity index (χ2n) is 2.90. The molecule has 0 bridgehead atoms. The fraction of sp³-hybridized carbons (Fsp3) is 0.333. The summed E-state index contributed by atoms with van der Waals surface area (Å²) in [4.78, 5) is 0. The van der Waals surface area contributed by atoms with Gasteiger partial charge in [0, 0.05) is 0 Å². The topological polar surface area (TPSA) is 0 Å². The SMILES string of the molecule is FC(F)(F)[Te]1CCc2ccccc21. The van der Waals surface area contributed by atoms with Gasteiger partial charge in [0.05, 0.1) is 0 Å². The van der Waals surface area contributed by atoms with Crippen LogP contribution in [0, 0.1) is 0 Å². The van der Waals surface area contributed by atoms with Crippen LogP contribution in [0.3, 0.4) is 0 Å². The Bertz CT molecular complexity index is 319. The summed E-state index contributed by atoms with van der Waals surface area (Å²) < 4.78 is 34.7. The number of fused-ring (bicyclic) bond motifs is 1. The third-order valence-corrected chi connectivity index (χ3v) is 8.09. The molecular formula is C9H8F3Te. The number of rotatable bonds is 0.